The standard InChI is InChI=1S/C19H29N3O/c1-14-10-15(2)12-17(11-14)13-21-6-8-22(9-7-21)16(3)19(23)20-18-4-5-18/h10-12,16,18H,4-9,13H2,1-3H3,(H,20,23). The van der Waals surface area contributed by atoms with Crippen LogP contribution in [0.5, 0.6) is 0 Å². The Morgan fingerprint density at radius 2 is 1.74 bits per heavy atom. The van der Waals surface area contributed by atoms with Gasteiger partial charge in [0, 0.05) is 38.8 Å². The second-order valence-electron chi connectivity index (χ2n) is 7.27. The van der Waals surface area contributed by atoms with Crippen LogP contribution in [-0.4, -0.2) is 54.0 Å². The number of piperazine rings is 1. The highest BCUT2D eigenvalue weighted by Gasteiger charge is 2.29. The fourth-order valence-electron chi connectivity index (χ4n) is 3.44. The van der Waals surface area contributed by atoms with Gasteiger partial charge >= 0.3 is 0 Å². The molecule has 1 amide bonds. The maximum atomic E-state index is 12.2. The molecular formula is C19H29N3O. The molecule has 1 aromatic carbocycles. The van der Waals surface area contributed by atoms with E-state index in [1.807, 2.05) is 6.92 Å². The van der Waals surface area contributed by atoms with Gasteiger partial charge in [-0.15, -0.1) is 0 Å². The number of benzene rings is 1. The summed E-state index contributed by atoms with van der Waals surface area (Å²) in [5.41, 5.74) is 4.07. The Balaban J connectivity index is 1.48. The first-order valence-corrected chi connectivity index (χ1v) is 8.85. The Hall–Kier alpha value is -1.39. The van der Waals surface area contributed by atoms with Crippen molar-refractivity contribution >= 4 is 5.91 Å². The van der Waals surface area contributed by atoms with Crippen LogP contribution in [0.4, 0.5) is 0 Å². The van der Waals surface area contributed by atoms with Gasteiger partial charge < -0.3 is 5.32 Å². The van der Waals surface area contributed by atoms with E-state index in [0.29, 0.717) is 6.04 Å². The lowest BCUT2D eigenvalue weighted by Gasteiger charge is -2.37. The second kappa shape index (κ2) is 7.02. The number of nitrogens with one attached hydrogen (secondary N) is 1. The van der Waals surface area contributed by atoms with Gasteiger partial charge in [0.05, 0.1) is 6.04 Å². The number of carbonyl (C=O) groups is 1. The highest BCUT2D eigenvalue weighted by Crippen LogP contribution is 2.19. The molecule has 126 valence electrons. The van der Waals surface area contributed by atoms with Crippen LogP contribution in [0.3, 0.4) is 0 Å². The van der Waals surface area contributed by atoms with E-state index in [1.54, 1.807) is 0 Å². The molecule has 1 aliphatic carbocycles. The van der Waals surface area contributed by atoms with Gasteiger partial charge in [-0.25, -0.2) is 0 Å². The summed E-state index contributed by atoms with van der Waals surface area (Å²) in [6, 6.07) is 7.24. The number of hydrogen-bond donors (Lipinski definition) is 1. The van der Waals surface area contributed by atoms with Crippen molar-refractivity contribution in [1.82, 2.24) is 15.1 Å². The van der Waals surface area contributed by atoms with Crippen LogP contribution < -0.4 is 5.32 Å². The summed E-state index contributed by atoms with van der Waals surface area (Å²) in [5.74, 6) is 0.204. The van der Waals surface area contributed by atoms with E-state index >= 15 is 0 Å². The molecule has 1 saturated carbocycles. The number of nitrogens with zero attached hydrogens (tertiary/aromatic N) is 2. The zero-order valence-corrected chi connectivity index (χ0v) is 14.6. The van der Waals surface area contributed by atoms with Gasteiger partial charge in [-0.1, -0.05) is 29.3 Å². The molecular weight excluding hydrogens is 286 g/mol. The molecule has 1 heterocycles. The zero-order chi connectivity index (χ0) is 16.4. The first-order chi connectivity index (χ1) is 11.0. The zero-order valence-electron chi connectivity index (χ0n) is 14.6. The van der Waals surface area contributed by atoms with Gasteiger partial charge in [0.1, 0.15) is 0 Å². The van der Waals surface area contributed by atoms with Crippen LogP contribution in [0.2, 0.25) is 0 Å². The van der Waals surface area contributed by atoms with Crippen LogP contribution in [0.25, 0.3) is 0 Å². The summed E-state index contributed by atoms with van der Waals surface area (Å²) < 4.78 is 0. The summed E-state index contributed by atoms with van der Waals surface area (Å²) in [4.78, 5) is 17.0. The molecule has 2 fully saturated rings. The van der Waals surface area contributed by atoms with Gasteiger partial charge in [-0.05, 0) is 39.2 Å². The Morgan fingerprint density at radius 3 is 2.30 bits per heavy atom. The van der Waals surface area contributed by atoms with E-state index < -0.39 is 0 Å². The molecule has 0 aromatic heterocycles. The largest absolute Gasteiger partial charge is 0.352 e. The van der Waals surface area contributed by atoms with Crippen LogP contribution in [0.1, 0.15) is 36.5 Å². The van der Waals surface area contributed by atoms with E-state index in [-0.39, 0.29) is 11.9 Å². The molecule has 1 saturated heterocycles. The van der Waals surface area contributed by atoms with E-state index in [4.69, 9.17) is 0 Å². The second-order valence-corrected chi connectivity index (χ2v) is 7.27. The third kappa shape index (κ3) is 4.55. The third-order valence-corrected chi connectivity index (χ3v) is 4.95. The maximum absolute atomic E-state index is 12.2. The summed E-state index contributed by atoms with van der Waals surface area (Å²) in [6.07, 6.45) is 2.31. The van der Waals surface area contributed by atoms with Crippen molar-refractivity contribution in [1.29, 1.82) is 0 Å². The number of aryl methyl sites for hydroxylation is 2. The maximum Gasteiger partial charge on any atom is 0.237 e. The van der Waals surface area contributed by atoms with E-state index in [1.165, 1.54) is 16.7 Å². The number of amides is 1. The van der Waals surface area contributed by atoms with Crippen molar-refractivity contribution in [2.75, 3.05) is 26.2 Å². The molecule has 1 atom stereocenters. The van der Waals surface area contributed by atoms with Crippen molar-refractivity contribution in [3.05, 3.63) is 34.9 Å². The molecule has 4 heteroatoms. The quantitative estimate of drug-likeness (QED) is 0.904. The molecule has 0 radical (unpaired) electrons. The molecule has 0 spiro atoms. The Bertz CT molecular complexity index is 539. The molecule has 1 unspecified atom stereocenters. The third-order valence-electron chi connectivity index (χ3n) is 4.95. The van der Waals surface area contributed by atoms with Gasteiger partial charge in [-0.3, -0.25) is 14.6 Å². The minimum Gasteiger partial charge on any atom is -0.352 e. The van der Waals surface area contributed by atoms with Crippen molar-refractivity contribution in [3.8, 4) is 0 Å². The molecule has 1 aliphatic heterocycles. The van der Waals surface area contributed by atoms with Crippen molar-refractivity contribution < 1.29 is 4.79 Å². The molecule has 3 rings (SSSR count). The molecule has 23 heavy (non-hydrogen) atoms. The Kier molecular flexibility index (Phi) is 5.02. The predicted molar refractivity (Wildman–Crippen MR) is 93.4 cm³/mol. The van der Waals surface area contributed by atoms with Gasteiger partial charge in [0.25, 0.3) is 0 Å². The van der Waals surface area contributed by atoms with E-state index in [9.17, 15) is 4.79 Å². The highest BCUT2D eigenvalue weighted by molar-refractivity contribution is 5.81. The monoisotopic (exact) mass is 315 g/mol. The summed E-state index contributed by atoms with van der Waals surface area (Å²) in [7, 11) is 0. The topological polar surface area (TPSA) is 35.6 Å². The predicted octanol–water partition coefficient (Wildman–Crippen LogP) is 2.09. The Labute approximate surface area is 139 Å². The van der Waals surface area contributed by atoms with Crippen LogP contribution >= 0.6 is 0 Å². The lowest BCUT2D eigenvalue weighted by atomic mass is 10.1. The van der Waals surface area contributed by atoms with E-state index in [0.717, 1.165) is 45.6 Å². The molecule has 2 aliphatic rings. The minimum atomic E-state index is -0.000959. The van der Waals surface area contributed by atoms with Crippen LogP contribution in [-0.2, 0) is 11.3 Å². The SMILES string of the molecule is Cc1cc(C)cc(CN2CCN(C(C)C(=O)NC3CC3)CC2)c1. The smallest absolute Gasteiger partial charge is 0.237 e. The number of rotatable bonds is 5. The van der Waals surface area contributed by atoms with Crippen molar-refractivity contribution in [2.24, 2.45) is 0 Å². The number of carbonyl (C=O) groups excluding carboxylic acids is 1. The molecule has 1 aromatic rings. The fourth-order valence-corrected chi connectivity index (χ4v) is 3.44. The summed E-state index contributed by atoms with van der Waals surface area (Å²) in [6.45, 7) is 11.4. The van der Waals surface area contributed by atoms with Crippen molar-refractivity contribution in [2.45, 2.75) is 52.2 Å². The van der Waals surface area contributed by atoms with Gasteiger partial charge in [0.2, 0.25) is 5.91 Å². The van der Waals surface area contributed by atoms with Gasteiger partial charge in [-0.2, -0.15) is 0 Å². The van der Waals surface area contributed by atoms with Gasteiger partial charge in [0.15, 0.2) is 0 Å². The highest BCUT2D eigenvalue weighted by atomic mass is 16.2. The molecule has 4 nitrogen and oxygen atoms in total. The lowest BCUT2D eigenvalue weighted by molar-refractivity contribution is -0.126. The summed E-state index contributed by atoms with van der Waals surface area (Å²) >= 11 is 0. The van der Waals surface area contributed by atoms with E-state index in [2.05, 4.69) is 47.2 Å². The summed E-state index contributed by atoms with van der Waals surface area (Å²) in [5, 5.41) is 3.12. The van der Waals surface area contributed by atoms with Crippen LogP contribution in [0.15, 0.2) is 18.2 Å². The van der Waals surface area contributed by atoms with Crippen molar-refractivity contribution in [3.63, 3.8) is 0 Å². The first-order valence-electron chi connectivity index (χ1n) is 8.85. The normalized spacial score (nSPS) is 21.2. The number of hydrogen-bond acceptors (Lipinski definition) is 3. The minimum absolute atomic E-state index is 0.000959. The molecule has 0 bridgehead atoms. The first kappa shape index (κ1) is 16.5. The average molecular weight is 315 g/mol. The lowest BCUT2D eigenvalue weighted by Crippen LogP contribution is -2.53. The average Bonchev–Trinajstić information content (AvgIpc) is 3.30. The van der Waals surface area contributed by atoms with Crippen LogP contribution in [0, 0.1) is 13.8 Å². The molecule has 1 N–H and O–H groups in total. The Morgan fingerprint density at radius 1 is 1.13 bits per heavy atom. The fraction of sp³-hybridized carbons (Fsp3) is 0.632.